The molecule has 0 heterocycles. The molecular formula is C42H77N11O10. The topological polar surface area (TPSA) is 360 Å². The van der Waals surface area contributed by atoms with Crippen molar-refractivity contribution >= 4 is 59.0 Å². The SMILES string of the molecule is CCCCCCCCCCCCCCCC(=O)N[C@@H](CC(C)=O)C(=O)N[C@H](C(=O)N[C@@H](CCCNC(=N)N)C(=O)N[C@@H](CCC(N)=O)C(=O)N[C@@H](CCC(N)=O)C(=O)NC)[C@@H](C)O. The molecule has 15 N–H and O–H groups in total. The highest BCUT2D eigenvalue weighted by atomic mass is 16.3. The third-order valence-electron chi connectivity index (χ3n) is 10.2. The maximum Gasteiger partial charge on any atom is 0.245 e. The minimum absolute atomic E-state index is 0.0799. The maximum absolute atomic E-state index is 13.8. The van der Waals surface area contributed by atoms with Gasteiger partial charge in [-0.15, -0.1) is 0 Å². The number of guanidine groups is 1. The zero-order chi connectivity index (χ0) is 47.7. The van der Waals surface area contributed by atoms with Crippen molar-refractivity contribution in [2.45, 2.75) is 192 Å². The average Bonchev–Trinajstić information content (AvgIpc) is 3.21. The molecule has 0 aliphatic heterocycles. The summed E-state index contributed by atoms with van der Waals surface area (Å²) in [5.74, 6) is -7.30. The summed E-state index contributed by atoms with van der Waals surface area (Å²) in [6.45, 7) is 4.73. The molecular weight excluding hydrogens is 819 g/mol. The van der Waals surface area contributed by atoms with Crippen LogP contribution in [0.4, 0.5) is 0 Å². The fourth-order valence-corrected chi connectivity index (χ4v) is 6.61. The van der Waals surface area contributed by atoms with E-state index in [4.69, 9.17) is 22.6 Å². The first-order chi connectivity index (χ1) is 29.8. The monoisotopic (exact) mass is 896 g/mol. The van der Waals surface area contributed by atoms with Crippen LogP contribution in [0.5, 0.6) is 0 Å². The molecule has 0 rings (SSSR count). The number of hydrogen-bond acceptors (Lipinski definition) is 11. The molecule has 0 aliphatic carbocycles. The van der Waals surface area contributed by atoms with Crippen LogP contribution in [0.2, 0.25) is 0 Å². The van der Waals surface area contributed by atoms with Gasteiger partial charge in [-0.25, -0.2) is 0 Å². The van der Waals surface area contributed by atoms with Gasteiger partial charge in [0.15, 0.2) is 5.96 Å². The number of carbonyl (C=O) groups is 9. The third kappa shape index (κ3) is 28.8. The number of Topliss-reactive ketones (excluding diaryl/α,β-unsaturated/α-hetero) is 1. The van der Waals surface area contributed by atoms with E-state index in [-0.39, 0.29) is 57.5 Å². The molecule has 6 atom stereocenters. The van der Waals surface area contributed by atoms with Gasteiger partial charge in [0.25, 0.3) is 0 Å². The number of rotatable bonds is 37. The van der Waals surface area contributed by atoms with E-state index in [1.54, 1.807) is 0 Å². The Kier molecular flexibility index (Phi) is 31.3. The Hall–Kier alpha value is -5.34. The van der Waals surface area contributed by atoms with E-state index in [1.165, 1.54) is 72.3 Å². The molecule has 8 amide bonds. The first-order valence-corrected chi connectivity index (χ1v) is 22.4. The number of ketones is 1. The summed E-state index contributed by atoms with van der Waals surface area (Å²) in [5, 5.41) is 35.2. The summed E-state index contributed by atoms with van der Waals surface area (Å²) >= 11 is 0. The van der Waals surface area contributed by atoms with Gasteiger partial charge in [-0.05, 0) is 46.0 Å². The molecule has 0 spiro atoms. The molecule has 0 bridgehead atoms. The molecule has 0 aromatic rings. The second kappa shape index (κ2) is 34.2. The van der Waals surface area contributed by atoms with E-state index in [9.17, 15) is 48.3 Å². The van der Waals surface area contributed by atoms with E-state index in [2.05, 4.69) is 44.1 Å². The number of likely N-dealkylation sites (N-methyl/N-ethyl adjacent to an activating group) is 1. The lowest BCUT2D eigenvalue weighted by Crippen LogP contribution is -2.61. The quantitative estimate of drug-likeness (QED) is 0.0219. The van der Waals surface area contributed by atoms with E-state index >= 15 is 0 Å². The van der Waals surface area contributed by atoms with Crippen LogP contribution in [0, 0.1) is 5.41 Å². The van der Waals surface area contributed by atoms with E-state index < -0.39 is 95.8 Å². The summed E-state index contributed by atoms with van der Waals surface area (Å²) in [6, 6.07) is -7.24. The van der Waals surface area contributed by atoms with Crippen LogP contribution in [0.25, 0.3) is 0 Å². The number of aliphatic hydroxyl groups is 1. The predicted molar refractivity (Wildman–Crippen MR) is 237 cm³/mol. The number of nitrogens with two attached hydrogens (primary N) is 3. The summed E-state index contributed by atoms with van der Waals surface area (Å²) in [4.78, 5) is 115. The van der Waals surface area contributed by atoms with E-state index in [0.717, 1.165) is 25.7 Å². The number of aliphatic hydroxyl groups excluding tert-OH is 1. The number of hydrogen-bond donors (Lipinski definition) is 12. The van der Waals surface area contributed by atoms with Gasteiger partial charge < -0.3 is 59.5 Å². The second-order valence-electron chi connectivity index (χ2n) is 16.0. The Morgan fingerprint density at radius 3 is 1.40 bits per heavy atom. The van der Waals surface area contributed by atoms with Crippen molar-refractivity contribution in [1.29, 1.82) is 5.41 Å². The van der Waals surface area contributed by atoms with Crippen LogP contribution >= 0.6 is 0 Å². The zero-order valence-electron chi connectivity index (χ0n) is 37.9. The number of unbranched alkanes of at least 4 members (excludes halogenated alkanes) is 12. The van der Waals surface area contributed by atoms with Crippen molar-refractivity contribution in [2.24, 2.45) is 17.2 Å². The summed E-state index contributed by atoms with van der Waals surface area (Å²) in [5.41, 5.74) is 15.9. The van der Waals surface area contributed by atoms with Crippen LogP contribution in [-0.2, 0) is 43.2 Å². The third-order valence-corrected chi connectivity index (χ3v) is 10.2. The van der Waals surface area contributed by atoms with Gasteiger partial charge in [-0.3, -0.25) is 48.6 Å². The highest BCUT2D eigenvalue weighted by Gasteiger charge is 2.34. The van der Waals surface area contributed by atoms with Gasteiger partial charge in [0, 0.05) is 39.3 Å². The zero-order valence-corrected chi connectivity index (χ0v) is 37.9. The van der Waals surface area contributed by atoms with Crippen molar-refractivity contribution in [3.8, 4) is 0 Å². The molecule has 0 saturated carbocycles. The normalized spacial score (nSPS) is 13.7. The molecule has 360 valence electrons. The Labute approximate surface area is 372 Å². The smallest absolute Gasteiger partial charge is 0.245 e. The Morgan fingerprint density at radius 1 is 0.540 bits per heavy atom. The summed E-state index contributed by atoms with van der Waals surface area (Å²) < 4.78 is 0. The Balaban J connectivity index is 5.81. The largest absolute Gasteiger partial charge is 0.391 e. The fourth-order valence-electron chi connectivity index (χ4n) is 6.61. The highest BCUT2D eigenvalue weighted by molar-refractivity contribution is 5.97. The Bertz CT molecular complexity index is 1480. The maximum atomic E-state index is 13.8. The first-order valence-electron chi connectivity index (χ1n) is 22.4. The Morgan fingerprint density at radius 2 is 0.968 bits per heavy atom. The molecule has 0 aliphatic rings. The van der Waals surface area contributed by atoms with Crippen LogP contribution in [0.3, 0.4) is 0 Å². The van der Waals surface area contributed by atoms with Gasteiger partial charge in [0.05, 0.1) is 6.10 Å². The molecule has 0 aromatic carbocycles. The molecule has 0 unspecified atom stereocenters. The van der Waals surface area contributed by atoms with Crippen LogP contribution in [0.1, 0.15) is 156 Å². The van der Waals surface area contributed by atoms with E-state index in [0.29, 0.717) is 6.42 Å². The molecule has 21 nitrogen and oxygen atoms in total. The average molecular weight is 896 g/mol. The van der Waals surface area contributed by atoms with Gasteiger partial charge >= 0.3 is 0 Å². The minimum Gasteiger partial charge on any atom is -0.391 e. The van der Waals surface area contributed by atoms with Crippen molar-refractivity contribution in [3.05, 3.63) is 0 Å². The predicted octanol–water partition coefficient (Wildman–Crippen LogP) is -0.208. The molecule has 0 aromatic heterocycles. The van der Waals surface area contributed by atoms with Crippen molar-refractivity contribution in [1.82, 2.24) is 37.2 Å². The first kappa shape index (κ1) is 57.7. The molecule has 0 saturated heterocycles. The number of amides is 8. The number of carbonyl (C=O) groups excluding carboxylic acids is 9. The lowest BCUT2D eigenvalue weighted by molar-refractivity contribution is -0.137. The van der Waals surface area contributed by atoms with Gasteiger partial charge in [-0.1, -0.05) is 84.0 Å². The van der Waals surface area contributed by atoms with Crippen LogP contribution < -0.4 is 54.4 Å². The molecule has 0 radical (unpaired) electrons. The number of nitrogens with one attached hydrogen (secondary N) is 8. The van der Waals surface area contributed by atoms with Crippen molar-refractivity contribution in [3.63, 3.8) is 0 Å². The summed E-state index contributed by atoms with van der Waals surface area (Å²) in [6.07, 6.45) is 11.7. The van der Waals surface area contributed by atoms with E-state index in [1.807, 2.05) is 0 Å². The summed E-state index contributed by atoms with van der Waals surface area (Å²) in [7, 11) is 1.30. The van der Waals surface area contributed by atoms with Gasteiger partial charge in [0.1, 0.15) is 36.0 Å². The van der Waals surface area contributed by atoms with Crippen molar-refractivity contribution < 1.29 is 48.3 Å². The van der Waals surface area contributed by atoms with Gasteiger partial charge in [-0.2, -0.15) is 0 Å². The van der Waals surface area contributed by atoms with Crippen LogP contribution in [0.15, 0.2) is 0 Å². The lowest BCUT2D eigenvalue weighted by atomic mass is 10.0. The van der Waals surface area contributed by atoms with Crippen molar-refractivity contribution in [2.75, 3.05) is 13.6 Å². The highest BCUT2D eigenvalue weighted by Crippen LogP contribution is 2.13. The standard InChI is InChI=1S/C42H77N11O10/c1-5-6-7-8-9-10-11-12-13-14-15-16-17-20-35(58)49-32(26-27(2)54)40(62)53-36(28(3)55)41(63)52-29(19-18-25-48-42(45)46)38(60)51-31(22-24-34(44)57)39(61)50-30(37(59)47-4)21-23-33(43)56/h28-32,36,55H,5-26H2,1-4H3,(H2,43,56)(H2,44,57)(H,47,59)(H,49,58)(H,50,61)(H,51,60)(H,52,63)(H,53,62)(H4,45,46,48)/t28-,29+,30+,31+,32+,36+/m1/s1. The molecule has 63 heavy (non-hydrogen) atoms. The fraction of sp³-hybridized carbons (Fsp3) is 0.762. The van der Waals surface area contributed by atoms with Gasteiger partial charge in [0.2, 0.25) is 47.3 Å². The second-order valence-corrected chi connectivity index (χ2v) is 16.0. The minimum atomic E-state index is -1.69. The lowest BCUT2D eigenvalue weighted by Gasteiger charge is -2.28. The molecule has 21 heteroatoms. The molecule has 0 fully saturated rings. The van der Waals surface area contributed by atoms with Crippen LogP contribution in [-0.4, -0.2) is 114 Å². The number of primary amides is 2.